The average Bonchev–Trinajstić information content (AvgIpc) is 2.33. The van der Waals surface area contributed by atoms with E-state index in [2.05, 4.69) is 0 Å². The normalized spacial score (nSPS) is 10.4. The molecule has 0 aliphatic heterocycles. The van der Waals surface area contributed by atoms with Gasteiger partial charge in [0.2, 0.25) is 11.7 Å². The third-order valence-electron chi connectivity index (χ3n) is 2.30. The van der Waals surface area contributed by atoms with Crippen molar-refractivity contribution >= 4 is 0 Å². The molecule has 1 heterocycles. The molecular formula is C11H9FN2O3. The third kappa shape index (κ3) is 2.10. The second kappa shape index (κ2) is 4.25. The maximum Gasteiger partial charge on any atom is 0.331 e. The summed E-state index contributed by atoms with van der Waals surface area (Å²) in [7, 11) is 0. The van der Waals surface area contributed by atoms with Crippen LogP contribution < -0.4 is 11.2 Å². The molecule has 17 heavy (non-hydrogen) atoms. The molecule has 6 heteroatoms. The number of aromatic nitrogens is 2. The standard InChI is InChI=1S/C11H9FN2O3/c12-8-9(15)13-11(17)14(10(8)16)6-7-4-2-1-3-5-7/h1-5,16H,6H2,(H,13,15,17). The molecule has 1 aromatic heterocycles. The average molecular weight is 236 g/mol. The number of benzene rings is 1. The van der Waals surface area contributed by atoms with Crippen molar-refractivity contribution in [3.8, 4) is 5.88 Å². The van der Waals surface area contributed by atoms with Gasteiger partial charge in [0.25, 0.3) is 5.56 Å². The highest BCUT2D eigenvalue weighted by Gasteiger charge is 2.13. The molecular weight excluding hydrogens is 227 g/mol. The van der Waals surface area contributed by atoms with Crippen molar-refractivity contribution < 1.29 is 9.50 Å². The zero-order valence-electron chi connectivity index (χ0n) is 8.68. The van der Waals surface area contributed by atoms with E-state index in [-0.39, 0.29) is 6.54 Å². The van der Waals surface area contributed by atoms with Crippen LogP contribution in [0.3, 0.4) is 0 Å². The molecule has 2 N–H and O–H groups in total. The first-order chi connectivity index (χ1) is 8.09. The Hall–Kier alpha value is -2.37. The van der Waals surface area contributed by atoms with Crippen LogP contribution in [-0.4, -0.2) is 14.7 Å². The van der Waals surface area contributed by atoms with Gasteiger partial charge in [-0.05, 0) is 5.56 Å². The minimum absolute atomic E-state index is 0.0147. The van der Waals surface area contributed by atoms with Gasteiger partial charge in [-0.25, -0.2) is 4.79 Å². The van der Waals surface area contributed by atoms with Crippen LogP contribution in [0.15, 0.2) is 39.9 Å². The Morgan fingerprint density at radius 3 is 2.53 bits per heavy atom. The highest BCUT2D eigenvalue weighted by atomic mass is 19.1. The summed E-state index contributed by atoms with van der Waals surface area (Å²) in [5.41, 5.74) is -1.37. The molecule has 0 radical (unpaired) electrons. The van der Waals surface area contributed by atoms with Gasteiger partial charge >= 0.3 is 5.69 Å². The molecule has 0 aliphatic carbocycles. The number of hydrogen-bond donors (Lipinski definition) is 2. The summed E-state index contributed by atoms with van der Waals surface area (Å²) in [6, 6.07) is 8.72. The zero-order valence-corrected chi connectivity index (χ0v) is 8.68. The van der Waals surface area contributed by atoms with Crippen LogP contribution in [0.2, 0.25) is 0 Å². The monoisotopic (exact) mass is 236 g/mol. The Bertz CT molecular complexity index is 646. The van der Waals surface area contributed by atoms with Crippen molar-refractivity contribution in [3.05, 3.63) is 62.6 Å². The predicted molar refractivity (Wildman–Crippen MR) is 58.5 cm³/mol. The highest BCUT2D eigenvalue weighted by molar-refractivity contribution is 5.18. The van der Waals surface area contributed by atoms with E-state index in [1.165, 1.54) is 0 Å². The van der Waals surface area contributed by atoms with Gasteiger partial charge in [-0.1, -0.05) is 30.3 Å². The van der Waals surface area contributed by atoms with Gasteiger partial charge in [0.1, 0.15) is 0 Å². The van der Waals surface area contributed by atoms with Crippen molar-refractivity contribution in [1.82, 2.24) is 9.55 Å². The van der Waals surface area contributed by atoms with Gasteiger partial charge in [0.05, 0.1) is 6.54 Å². The number of halogens is 1. The largest absolute Gasteiger partial charge is 0.492 e. The summed E-state index contributed by atoms with van der Waals surface area (Å²) >= 11 is 0. The smallest absolute Gasteiger partial charge is 0.331 e. The van der Waals surface area contributed by atoms with Crippen molar-refractivity contribution in [2.45, 2.75) is 6.54 Å². The Balaban J connectivity index is 2.51. The molecule has 88 valence electrons. The maximum absolute atomic E-state index is 13.1. The highest BCUT2D eigenvalue weighted by Crippen LogP contribution is 2.10. The maximum atomic E-state index is 13.1. The Morgan fingerprint density at radius 1 is 1.24 bits per heavy atom. The van der Waals surface area contributed by atoms with Gasteiger partial charge in [-0.15, -0.1) is 0 Å². The van der Waals surface area contributed by atoms with E-state index in [0.717, 1.165) is 4.57 Å². The number of hydrogen-bond acceptors (Lipinski definition) is 3. The van der Waals surface area contributed by atoms with E-state index in [1.54, 1.807) is 35.3 Å². The zero-order chi connectivity index (χ0) is 12.4. The van der Waals surface area contributed by atoms with E-state index in [1.807, 2.05) is 0 Å². The lowest BCUT2D eigenvalue weighted by Gasteiger charge is -2.07. The lowest BCUT2D eigenvalue weighted by molar-refractivity contribution is 0.367. The Kier molecular flexibility index (Phi) is 2.78. The van der Waals surface area contributed by atoms with Crippen LogP contribution in [-0.2, 0) is 6.54 Å². The molecule has 1 aromatic carbocycles. The topological polar surface area (TPSA) is 75.1 Å². The molecule has 2 aromatic rings. The first-order valence-electron chi connectivity index (χ1n) is 4.85. The second-order valence-corrected chi connectivity index (χ2v) is 3.47. The van der Waals surface area contributed by atoms with E-state index in [9.17, 15) is 19.1 Å². The van der Waals surface area contributed by atoms with Crippen molar-refractivity contribution in [2.75, 3.05) is 0 Å². The number of nitrogens with zero attached hydrogens (tertiary/aromatic N) is 1. The fourth-order valence-corrected chi connectivity index (χ4v) is 1.45. The molecule has 2 rings (SSSR count). The fourth-order valence-electron chi connectivity index (χ4n) is 1.45. The summed E-state index contributed by atoms with van der Waals surface area (Å²) in [6.45, 7) is -0.0147. The Labute approximate surface area is 94.8 Å². The van der Waals surface area contributed by atoms with Gasteiger partial charge in [0.15, 0.2) is 0 Å². The van der Waals surface area contributed by atoms with Crippen molar-refractivity contribution in [2.24, 2.45) is 0 Å². The second-order valence-electron chi connectivity index (χ2n) is 3.47. The lowest BCUT2D eigenvalue weighted by Crippen LogP contribution is -2.32. The van der Waals surface area contributed by atoms with Crippen LogP contribution in [0, 0.1) is 5.82 Å². The minimum atomic E-state index is -1.36. The minimum Gasteiger partial charge on any atom is -0.492 e. The Morgan fingerprint density at radius 2 is 1.88 bits per heavy atom. The molecule has 0 unspecified atom stereocenters. The van der Waals surface area contributed by atoms with Gasteiger partial charge in [-0.3, -0.25) is 14.3 Å². The van der Waals surface area contributed by atoms with Gasteiger partial charge in [0, 0.05) is 0 Å². The molecule has 0 fully saturated rings. The van der Waals surface area contributed by atoms with E-state index in [0.29, 0.717) is 5.56 Å². The van der Waals surface area contributed by atoms with Crippen molar-refractivity contribution in [1.29, 1.82) is 0 Å². The first kappa shape index (κ1) is 11.1. The molecule has 0 saturated heterocycles. The van der Waals surface area contributed by atoms with Crippen LogP contribution in [0.5, 0.6) is 5.88 Å². The van der Waals surface area contributed by atoms with Gasteiger partial charge in [-0.2, -0.15) is 4.39 Å². The summed E-state index contributed by atoms with van der Waals surface area (Å²) < 4.78 is 13.9. The summed E-state index contributed by atoms with van der Waals surface area (Å²) in [4.78, 5) is 24.0. The molecule has 0 amide bonds. The number of H-pyrrole nitrogens is 1. The van der Waals surface area contributed by atoms with E-state index < -0.39 is 22.9 Å². The lowest BCUT2D eigenvalue weighted by atomic mass is 10.2. The molecule has 0 atom stereocenters. The number of aromatic hydroxyl groups is 1. The summed E-state index contributed by atoms with van der Waals surface area (Å²) in [5, 5.41) is 9.39. The van der Waals surface area contributed by atoms with Crippen LogP contribution in [0.25, 0.3) is 0 Å². The fraction of sp³-hybridized carbons (Fsp3) is 0.0909. The SMILES string of the molecule is O=c1[nH]c(=O)n(Cc2ccccc2)c(O)c1F. The van der Waals surface area contributed by atoms with Crippen molar-refractivity contribution in [3.63, 3.8) is 0 Å². The van der Waals surface area contributed by atoms with Gasteiger partial charge < -0.3 is 5.11 Å². The van der Waals surface area contributed by atoms with Crippen LogP contribution in [0.1, 0.15) is 5.56 Å². The number of nitrogens with one attached hydrogen (secondary N) is 1. The molecule has 0 aliphatic rings. The molecule has 5 nitrogen and oxygen atoms in total. The van der Waals surface area contributed by atoms with E-state index >= 15 is 0 Å². The summed E-state index contributed by atoms with van der Waals surface area (Å²) in [6.07, 6.45) is 0. The number of aromatic amines is 1. The molecule has 0 bridgehead atoms. The van der Waals surface area contributed by atoms with E-state index in [4.69, 9.17) is 0 Å². The molecule has 0 saturated carbocycles. The first-order valence-corrected chi connectivity index (χ1v) is 4.85. The number of rotatable bonds is 2. The predicted octanol–water partition coefficient (Wildman–Crippen LogP) is 0.430. The quantitative estimate of drug-likeness (QED) is 0.794. The molecule has 0 spiro atoms. The van der Waals surface area contributed by atoms with Crippen LogP contribution in [0.4, 0.5) is 4.39 Å². The van der Waals surface area contributed by atoms with Crippen LogP contribution >= 0.6 is 0 Å². The third-order valence-corrected chi connectivity index (χ3v) is 2.30. The summed E-state index contributed by atoms with van der Waals surface area (Å²) in [5.74, 6) is -2.32.